The molecule has 1 atom stereocenters. The number of pyridine rings is 1. The zero-order valence-electron chi connectivity index (χ0n) is 11.1. The third-order valence-electron chi connectivity index (χ3n) is 4.33. The molecule has 1 aromatic heterocycles. The first-order chi connectivity index (χ1) is 8.88. The minimum absolute atomic E-state index is 0.607. The minimum atomic E-state index is 0.607. The molecule has 0 radical (unpaired) electrons. The summed E-state index contributed by atoms with van der Waals surface area (Å²) in [6, 6.07) is 5.12. The first kappa shape index (κ1) is 12.0. The Bertz CT molecular complexity index is 414. The lowest BCUT2D eigenvalue weighted by Crippen LogP contribution is -2.41. The summed E-state index contributed by atoms with van der Waals surface area (Å²) in [7, 11) is 0. The average molecular weight is 245 g/mol. The Hall–Kier alpha value is -1.09. The number of nitrogens with zero attached hydrogens (tertiary/aromatic N) is 2. The van der Waals surface area contributed by atoms with Gasteiger partial charge in [-0.25, -0.2) is 4.98 Å². The zero-order valence-corrected chi connectivity index (χ0v) is 11.1. The van der Waals surface area contributed by atoms with E-state index in [1.807, 2.05) is 0 Å². The molecular weight excluding hydrogens is 222 g/mol. The molecule has 3 heteroatoms. The summed E-state index contributed by atoms with van der Waals surface area (Å²) >= 11 is 0. The van der Waals surface area contributed by atoms with E-state index in [4.69, 9.17) is 10.7 Å². The van der Waals surface area contributed by atoms with Crippen molar-refractivity contribution in [3.63, 3.8) is 0 Å². The van der Waals surface area contributed by atoms with Crippen molar-refractivity contribution < 1.29 is 0 Å². The Labute approximate surface area is 109 Å². The highest BCUT2D eigenvalue weighted by Gasteiger charge is 2.24. The van der Waals surface area contributed by atoms with E-state index in [-0.39, 0.29) is 0 Å². The van der Waals surface area contributed by atoms with Crippen molar-refractivity contribution in [3.05, 3.63) is 23.4 Å². The van der Waals surface area contributed by atoms with Gasteiger partial charge in [-0.05, 0) is 63.1 Å². The van der Waals surface area contributed by atoms with E-state index in [0.717, 1.165) is 19.5 Å². The normalized spacial score (nSPS) is 23.2. The molecule has 0 aromatic carbocycles. The molecule has 3 rings (SSSR count). The molecule has 1 aromatic rings. The van der Waals surface area contributed by atoms with E-state index >= 15 is 0 Å². The van der Waals surface area contributed by atoms with Crippen molar-refractivity contribution in [2.24, 2.45) is 5.73 Å². The van der Waals surface area contributed by atoms with Crippen LogP contribution in [0.1, 0.15) is 43.4 Å². The lowest BCUT2D eigenvalue weighted by molar-refractivity contribution is 0.438. The van der Waals surface area contributed by atoms with Crippen LogP contribution in [0.5, 0.6) is 0 Å². The van der Waals surface area contributed by atoms with Crippen LogP contribution in [-0.2, 0) is 12.8 Å². The fourth-order valence-electron chi connectivity index (χ4n) is 3.36. The van der Waals surface area contributed by atoms with Crippen LogP contribution in [0.25, 0.3) is 0 Å². The van der Waals surface area contributed by atoms with Crippen LogP contribution in [0.3, 0.4) is 0 Å². The first-order valence-corrected chi connectivity index (χ1v) is 7.34. The molecule has 2 heterocycles. The van der Waals surface area contributed by atoms with Crippen LogP contribution in [0, 0.1) is 0 Å². The number of piperidine rings is 1. The van der Waals surface area contributed by atoms with Gasteiger partial charge in [0.05, 0.1) is 0 Å². The maximum Gasteiger partial charge on any atom is 0.129 e. The smallest absolute Gasteiger partial charge is 0.129 e. The number of aromatic nitrogens is 1. The van der Waals surface area contributed by atoms with Gasteiger partial charge in [0.25, 0.3) is 0 Å². The minimum Gasteiger partial charge on any atom is -0.354 e. The van der Waals surface area contributed by atoms with E-state index in [2.05, 4.69) is 17.0 Å². The number of hydrogen-bond acceptors (Lipinski definition) is 3. The maximum absolute atomic E-state index is 5.74. The van der Waals surface area contributed by atoms with Gasteiger partial charge in [-0.1, -0.05) is 6.07 Å². The second-order valence-electron chi connectivity index (χ2n) is 5.55. The predicted octanol–water partition coefficient (Wildman–Crippen LogP) is 2.28. The summed E-state index contributed by atoms with van der Waals surface area (Å²) in [5, 5.41) is 0. The highest BCUT2D eigenvalue weighted by molar-refractivity contribution is 5.44. The lowest BCUT2D eigenvalue weighted by Gasteiger charge is -2.36. The number of hydrogen-bond donors (Lipinski definition) is 1. The first-order valence-electron chi connectivity index (χ1n) is 7.34. The molecule has 0 amide bonds. The number of nitrogens with two attached hydrogens (primary N) is 1. The molecule has 2 N–H and O–H groups in total. The SMILES string of the molecule is NCCC1CCCCN1c1ccc2c(n1)CCC2. The van der Waals surface area contributed by atoms with Crippen molar-refractivity contribution in [2.45, 2.75) is 51.0 Å². The molecule has 1 unspecified atom stereocenters. The van der Waals surface area contributed by atoms with Gasteiger partial charge in [0.2, 0.25) is 0 Å². The van der Waals surface area contributed by atoms with Crippen molar-refractivity contribution in [1.29, 1.82) is 0 Å². The molecule has 1 saturated heterocycles. The van der Waals surface area contributed by atoms with Gasteiger partial charge in [-0.3, -0.25) is 0 Å². The highest BCUT2D eigenvalue weighted by Crippen LogP contribution is 2.28. The Balaban J connectivity index is 1.83. The average Bonchev–Trinajstić information content (AvgIpc) is 2.87. The Morgan fingerprint density at radius 3 is 3.06 bits per heavy atom. The molecule has 0 bridgehead atoms. The molecule has 3 nitrogen and oxygen atoms in total. The molecule has 1 aliphatic carbocycles. The molecule has 0 spiro atoms. The summed E-state index contributed by atoms with van der Waals surface area (Å²) in [6.45, 7) is 1.93. The monoisotopic (exact) mass is 245 g/mol. The van der Waals surface area contributed by atoms with Crippen LogP contribution >= 0.6 is 0 Å². The van der Waals surface area contributed by atoms with Crippen LogP contribution in [0.2, 0.25) is 0 Å². The molecule has 18 heavy (non-hydrogen) atoms. The topological polar surface area (TPSA) is 42.1 Å². The Kier molecular flexibility index (Phi) is 3.50. The summed E-state index contributed by atoms with van der Waals surface area (Å²) in [4.78, 5) is 7.39. The standard InChI is InChI=1S/C15H23N3/c16-10-9-13-5-1-2-11-18(13)15-8-7-12-4-3-6-14(12)17-15/h7-8,13H,1-6,9-11,16H2. The van der Waals surface area contributed by atoms with Gasteiger partial charge >= 0.3 is 0 Å². The predicted molar refractivity (Wildman–Crippen MR) is 74.9 cm³/mol. The molecule has 1 aliphatic heterocycles. The fourth-order valence-corrected chi connectivity index (χ4v) is 3.36. The Morgan fingerprint density at radius 2 is 2.17 bits per heavy atom. The van der Waals surface area contributed by atoms with Crippen LogP contribution in [0.4, 0.5) is 5.82 Å². The zero-order chi connectivity index (χ0) is 12.4. The van der Waals surface area contributed by atoms with E-state index in [9.17, 15) is 0 Å². The highest BCUT2D eigenvalue weighted by atomic mass is 15.2. The third kappa shape index (κ3) is 2.24. The largest absolute Gasteiger partial charge is 0.354 e. The van der Waals surface area contributed by atoms with Gasteiger partial charge in [-0.15, -0.1) is 0 Å². The van der Waals surface area contributed by atoms with Crippen molar-refractivity contribution in [3.8, 4) is 0 Å². The van der Waals surface area contributed by atoms with Gasteiger partial charge in [0, 0.05) is 18.3 Å². The van der Waals surface area contributed by atoms with Crippen molar-refractivity contribution in [1.82, 2.24) is 4.98 Å². The van der Waals surface area contributed by atoms with Crippen molar-refractivity contribution in [2.75, 3.05) is 18.0 Å². The number of aryl methyl sites for hydroxylation is 2. The maximum atomic E-state index is 5.74. The van der Waals surface area contributed by atoms with Gasteiger partial charge in [0.1, 0.15) is 5.82 Å². The fraction of sp³-hybridized carbons (Fsp3) is 0.667. The molecule has 1 fully saturated rings. The molecule has 98 valence electrons. The molecule has 0 saturated carbocycles. The third-order valence-corrected chi connectivity index (χ3v) is 4.33. The van der Waals surface area contributed by atoms with Gasteiger partial charge in [-0.2, -0.15) is 0 Å². The van der Waals surface area contributed by atoms with Gasteiger partial charge in [0.15, 0.2) is 0 Å². The van der Waals surface area contributed by atoms with Crippen LogP contribution in [-0.4, -0.2) is 24.1 Å². The van der Waals surface area contributed by atoms with Crippen LogP contribution in [0.15, 0.2) is 12.1 Å². The van der Waals surface area contributed by atoms with E-state index in [1.165, 1.54) is 55.6 Å². The van der Waals surface area contributed by atoms with Gasteiger partial charge < -0.3 is 10.6 Å². The van der Waals surface area contributed by atoms with E-state index < -0.39 is 0 Å². The molecular formula is C15H23N3. The quantitative estimate of drug-likeness (QED) is 0.888. The second-order valence-corrected chi connectivity index (χ2v) is 5.55. The Morgan fingerprint density at radius 1 is 1.22 bits per heavy atom. The number of anilines is 1. The summed E-state index contributed by atoms with van der Waals surface area (Å²) in [5.41, 5.74) is 8.54. The lowest BCUT2D eigenvalue weighted by atomic mass is 9.99. The summed E-state index contributed by atoms with van der Waals surface area (Å²) in [5.74, 6) is 1.19. The second kappa shape index (κ2) is 5.27. The van der Waals surface area contributed by atoms with E-state index in [0.29, 0.717) is 6.04 Å². The van der Waals surface area contributed by atoms with E-state index in [1.54, 1.807) is 0 Å². The summed E-state index contributed by atoms with van der Waals surface area (Å²) in [6.07, 6.45) is 8.66. The number of fused-ring (bicyclic) bond motifs is 1. The number of rotatable bonds is 3. The summed E-state index contributed by atoms with van der Waals surface area (Å²) < 4.78 is 0. The van der Waals surface area contributed by atoms with Crippen molar-refractivity contribution >= 4 is 5.82 Å². The molecule has 2 aliphatic rings. The van der Waals surface area contributed by atoms with Crippen LogP contribution < -0.4 is 10.6 Å².